The Kier molecular flexibility index (Phi) is 6.13. The summed E-state index contributed by atoms with van der Waals surface area (Å²) in [5, 5.41) is 6.44. The fraction of sp³-hybridized carbons (Fsp3) is 0.381. The summed E-state index contributed by atoms with van der Waals surface area (Å²) < 4.78 is 11.4. The number of nitrogens with zero attached hydrogens (tertiary/aromatic N) is 3. The molecule has 0 aliphatic rings. The Morgan fingerprint density at radius 2 is 1.93 bits per heavy atom. The highest BCUT2D eigenvalue weighted by atomic mass is 16.4. The van der Waals surface area contributed by atoms with E-state index in [1.807, 2.05) is 37.3 Å². The predicted molar refractivity (Wildman–Crippen MR) is 109 cm³/mol. The lowest BCUT2D eigenvalue weighted by molar-refractivity contribution is 0.379. The number of guanidine groups is 1. The Labute approximate surface area is 165 Å². The second-order valence-corrected chi connectivity index (χ2v) is 7.43. The van der Waals surface area contributed by atoms with Crippen molar-refractivity contribution in [1.82, 2.24) is 20.6 Å². The Morgan fingerprint density at radius 3 is 2.61 bits per heavy atom. The van der Waals surface area contributed by atoms with Crippen LogP contribution in [0.15, 0.2) is 56.6 Å². The van der Waals surface area contributed by atoms with Gasteiger partial charge in [0.25, 0.3) is 0 Å². The molecule has 7 nitrogen and oxygen atoms in total. The normalized spacial score (nSPS) is 12.2. The molecule has 0 fully saturated rings. The third-order valence-corrected chi connectivity index (χ3v) is 4.02. The maximum absolute atomic E-state index is 5.81. The lowest BCUT2D eigenvalue weighted by Crippen LogP contribution is -2.36. The fourth-order valence-electron chi connectivity index (χ4n) is 2.49. The summed E-state index contributed by atoms with van der Waals surface area (Å²) >= 11 is 0. The van der Waals surface area contributed by atoms with Crippen LogP contribution >= 0.6 is 0 Å². The molecule has 0 aliphatic heterocycles. The van der Waals surface area contributed by atoms with E-state index < -0.39 is 0 Å². The molecule has 0 saturated carbocycles. The highest BCUT2D eigenvalue weighted by molar-refractivity contribution is 5.79. The van der Waals surface area contributed by atoms with Crippen molar-refractivity contribution < 1.29 is 8.83 Å². The van der Waals surface area contributed by atoms with E-state index in [-0.39, 0.29) is 5.41 Å². The summed E-state index contributed by atoms with van der Waals surface area (Å²) in [6.07, 6.45) is 3.42. The zero-order chi connectivity index (χ0) is 20.0. The van der Waals surface area contributed by atoms with Gasteiger partial charge in [0.1, 0.15) is 17.7 Å². The first-order valence-corrected chi connectivity index (χ1v) is 9.43. The van der Waals surface area contributed by atoms with Crippen molar-refractivity contribution >= 4 is 5.96 Å². The molecule has 2 heterocycles. The smallest absolute Gasteiger partial charge is 0.226 e. The lowest BCUT2D eigenvalue weighted by atomic mass is 9.94. The van der Waals surface area contributed by atoms with Crippen LogP contribution in [0.3, 0.4) is 0 Å². The van der Waals surface area contributed by atoms with E-state index >= 15 is 0 Å². The first-order valence-electron chi connectivity index (χ1n) is 9.43. The number of benzene rings is 1. The van der Waals surface area contributed by atoms with E-state index in [0.29, 0.717) is 30.8 Å². The van der Waals surface area contributed by atoms with E-state index in [4.69, 9.17) is 8.83 Å². The van der Waals surface area contributed by atoms with E-state index in [1.54, 1.807) is 12.5 Å². The summed E-state index contributed by atoms with van der Waals surface area (Å²) in [4.78, 5) is 13.4. The second kappa shape index (κ2) is 8.73. The number of hydrogen-bond donors (Lipinski definition) is 2. The van der Waals surface area contributed by atoms with Crippen LogP contribution < -0.4 is 10.6 Å². The highest BCUT2D eigenvalue weighted by Gasteiger charge is 2.19. The molecule has 28 heavy (non-hydrogen) atoms. The molecule has 1 aromatic carbocycles. The summed E-state index contributed by atoms with van der Waals surface area (Å²) in [5.74, 6) is 2.76. The Hall–Kier alpha value is -3.09. The molecule has 0 bridgehead atoms. The molecule has 0 atom stereocenters. The van der Waals surface area contributed by atoms with Crippen LogP contribution in [0, 0.1) is 0 Å². The molecule has 3 aromatic rings. The van der Waals surface area contributed by atoms with Gasteiger partial charge in [-0.05, 0) is 19.1 Å². The van der Waals surface area contributed by atoms with E-state index in [9.17, 15) is 0 Å². The zero-order valence-electron chi connectivity index (χ0n) is 16.8. The van der Waals surface area contributed by atoms with Crippen LogP contribution in [0.2, 0.25) is 0 Å². The minimum absolute atomic E-state index is 0.0623. The van der Waals surface area contributed by atoms with Gasteiger partial charge in [0.15, 0.2) is 5.96 Å². The number of hydrogen-bond acceptors (Lipinski definition) is 5. The molecule has 0 radical (unpaired) electrons. The topological polar surface area (TPSA) is 88.5 Å². The summed E-state index contributed by atoms with van der Waals surface area (Å²) in [6, 6.07) is 9.81. The molecule has 0 amide bonds. The van der Waals surface area contributed by atoms with Crippen molar-refractivity contribution in [2.75, 3.05) is 6.54 Å². The molecule has 0 spiro atoms. The monoisotopic (exact) mass is 381 g/mol. The average Bonchev–Trinajstić information content (AvgIpc) is 3.34. The Morgan fingerprint density at radius 1 is 1.14 bits per heavy atom. The Bertz CT molecular complexity index is 906. The number of aromatic nitrogens is 2. The minimum Gasteiger partial charge on any atom is -0.444 e. The van der Waals surface area contributed by atoms with Crippen LogP contribution in [-0.2, 0) is 18.5 Å². The van der Waals surface area contributed by atoms with Crippen molar-refractivity contribution in [2.45, 2.75) is 46.2 Å². The van der Waals surface area contributed by atoms with Crippen LogP contribution in [0.5, 0.6) is 0 Å². The summed E-state index contributed by atoms with van der Waals surface area (Å²) in [5.41, 5.74) is 1.65. The van der Waals surface area contributed by atoms with Crippen LogP contribution in [0.1, 0.15) is 45.0 Å². The van der Waals surface area contributed by atoms with Gasteiger partial charge in [0, 0.05) is 17.5 Å². The zero-order valence-corrected chi connectivity index (χ0v) is 16.8. The molecule has 3 rings (SSSR count). The molecule has 0 unspecified atom stereocenters. The molecule has 148 valence electrons. The van der Waals surface area contributed by atoms with Gasteiger partial charge in [-0.2, -0.15) is 0 Å². The largest absolute Gasteiger partial charge is 0.444 e. The summed E-state index contributed by atoms with van der Waals surface area (Å²) in [7, 11) is 0. The van der Waals surface area contributed by atoms with E-state index in [2.05, 4.69) is 46.4 Å². The average molecular weight is 381 g/mol. The second-order valence-electron chi connectivity index (χ2n) is 7.43. The van der Waals surface area contributed by atoms with E-state index in [0.717, 1.165) is 23.6 Å². The standard InChI is InChI=1S/C21H27N5O2/c1-5-22-20(25-13-18-23-12-17(28-18)21(2,3)4)24-11-16-14-27-19(26-16)15-9-7-6-8-10-15/h6-10,12,14H,5,11,13H2,1-4H3,(H2,22,24,25). The van der Waals surface area contributed by atoms with Gasteiger partial charge in [-0.25, -0.2) is 15.0 Å². The SMILES string of the molecule is CCNC(=NCc1coc(-c2ccccc2)n1)NCc1ncc(C(C)(C)C)o1. The van der Waals surface area contributed by atoms with Gasteiger partial charge in [-0.3, -0.25) is 0 Å². The third-order valence-electron chi connectivity index (χ3n) is 4.02. The van der Waals surface area contributed by atoms with Crippen molar-refractivity contribution in [2.24, 2.45) is 4.99 Å². The molecule has 7 heteroatoms. The van der Waals surface area contributed by atoms with Gasteiger partial charge in [-0.15, -0.1) is 0 Å². The third kappa shape index (κ3) is 5.22. The van der Waals surface area contributed by atoms with Crippen molar-refractivity contribution in [1.29, 1.82) is 0 Å². The molecular weight excluding hydrogens is 354 g/mol. The van der Waals surface area contributed by atoms with Crippen LogP contribution in [-0.4, -0.2) is 22.5 Å². The molecule has 2 N–H and O–H groups in total. The predicted octanol–water partition coefficient (Wildman–Crippen LogP) is 3.88. The Balaban J connectivity index is 1.61. The first kappa shape index (κ1) is 19.7. The van der Waals surface area contributed by atoms with Crippen molar-refractivity contribution in [3.8, 4) is 11.5 Å². The molecule has 0 saturated heterocycles. The number of nitrogens with one attached hydrogen (secondary N) is 2. The maximum Gasteiger partial charge on any atom is 0.226 e. The molecule has 2 aromatic heterocycles. The fourth-order valence-corrected chi connectivity index (χ4v) is 2.49. The first-order chi connectivity index (χ1) is 13.5. The quantitative estimate of drug-likeness (QED) is 0.498. The van der Waals surface area contributed by atoms with Crippen molar-refractivity contribution in [3.05, 3.63) is 60.1 Å². The van der Waals surface area contributed by atoms with E-state index in [1.165, 1.54) is 0 Å². The van der Waals surface area contributed by atoms with Crippen LogP contribution in [0.4, 0.5) is 0 Å². The molecule has 0 aliphatic carbocycles. The van der Waals surface area contributed by atoms with Crippen LogP contribution in [0.25, 0.3) is 11.5 Å². The lowest BCUT2D eigenvalue weighted by Gasteiger charge is -2.13. The van der Waals surface area contributed by atoms with Gasteiger partial charge in [-0.1, -0.05) is 39.0 Å². The maximum atomic E-state index is 5.81. The van der Waals surface area contributed by atoms with Gasteiger partial charge < -0.3 is 19.5 Å². The highest BCUT2D eigenvalue weighted by Crippen LogP contribution is 2.22. The number of rotatable bonds is 6. The van der Waals surface area contributed by atoms with Gasteiger partial charge in [0.2, 0.25) is 11.8 Å². The minimum atomic E-state index is -0.0623. The van der Waals surface area contributed by atoms with Crippen molar-refractivity contribution in [3.63, 3.8) is 0 Å². The summed E-state index contributed by atoms with van der Waals surface area (Å²) in [6.45, 7) is 9.91. The van der Waals surface area contributed by atoms with Gasteiger partial charge >= 0.3 is 0 Å². The van der Waals surface area contributed by atoms with Gasteiger partial charge in [0.05, 0.1) is 19.3 Å². The number of aliphatic imine (C=N–C) groups is 1. The number of oxazole rings is 2. The molecular formula is C21H27N5O2.